The lowest BCUT2D eigenvalue weighted by molar-refractivity contribution is -0.242. The number of thiazole rings is 1. The number of nitrogens with one attached hydrogen (secondary N) is 2. The molecule has 2 atom stereocenters. The first-order valence-electron chi connectivity index (χ1n) is 12.3. The third-order valence-electron chi connectivity index (χ3n) is 5.84. The third-order valence-corrected chi connectivity index (χ3v) is 8.77. The molecule has 11 nitrogen and oxygen atoms in total. The summed E-state index contributed by atoms with van der Waals surface area (Å²) in [5.41, 5.74) is -2.82. The van der Waals surface area contributed by atoms with E-state index in [-0.39, 0.29) is 46.3 Å². The predicted octanol–water partition coefficient (Wildman–Crippen LogP) is 4.47. The first kappa shape index (κ1) is 31.3. The number of halogens is 3. The van der Waals surface area contributed by atoms with E-state index in [1.807, 2.05) is 6.92 Å². The highest BCUT2D eigenvalue weighted by Gasteiger charge is 2.51. The van der Waals surface area contributed by atoms with Crippen molar-refractivity contribution in [1.29, 1.82) is 0 Å². The van der Waals surface area contributed by atoms with Gasteiger partial charge in [0.05, 0.1) is 29.9 Å². The van der Waals surface area contributed by atoms with Crippen molar-refractivity contribution in [3.05, 3.63) is 23.2 Å². The van der Waals surface area contributed by atoms with Gasteiger partial charge in [0.2, 0.25) is 21.6 Å². The highest BCUT2D eigenvalue weighted by atomic mass is 32.2. The van der Waals surface area contributed by atoms with Crippen molar-refractivity contribution < 1.29 is 45.4 Å². The summed E-state index contributed by atoms with van der Waals surface area (Å²) < 4.78 is 84.6. The Hall–Kier alpha value is -3.27. The second-order valence-corrected chi connectivity index (χ2v) is 12.2. The maximum atomic E-state index is 14.0. The van der Waals surface area contributed by atoms with Gasteiger partial charge in [-0.05, 0) is 52.3 Å². The van der Waals surface area contributed by atoms with Crippen molar-refractivity contribution in [2.75, 3.05) is 22.8 Å². The number of benzene rings is 1. The average molecular weight is 609 g/mol. The van der Waals surface area contributed by atoms with Crippen LogP contribution >= 0.6 is 11.3 Å². The van der Waals surface area contributed by atoms with Crippen molar-refractivity contribution in [2.45, 2.75) is 76.9 Å². The van der Waals surface area contributed by atoms with E-state index >= 15 is 0 Å². The van der Waals surface area contributed by atoms with Gasteiger partial charge in [-0.3, -0.25) is 14.4 Å². The van der Waals surface area contributed by atoms with E-state index in [4.69, 9.17) is 9.47 Å². The van der Waals surface area contributed by atoms with Crippen LogP contribution in [0.4, 0.5) is 29.3 Å². The molecule has 16 heteroatoms. The van der Waals surface area contributed by atoms with E-state index in [1.165, 1.54) is 25.1 Å². The molecule has 0 saturated carbocycles. The van der Waals surface area contributed by atoms with Gasteiger partial charge in [0.25, 0.3) is 10.0 Å². The Morgan fingerprint density at radius 1 is 1.27 bits per heavy atom. The summed E-state index contributed by atoms with van der Waals surface area (Å²) in [7, 11) is -4.38. The summed E-state index contributed by atoms with van der Waals surface area (Å²) in [5.74, 6) is -0.252. The number of hydrogen-bond acceptors (Lipinski definition) is 9. The number of carbonyl (C=O) groups is 2. The van der Waals surface area contributed by atoms with Crippen LogP contribution in [0.2, 0.25) is 0 Å². The van der Waals surface area contributed by atoms with Crippen molar-refractivity contribution in [2.24, 2.45) is 0 Å². The molecule has 1 aromatic heterocycles. The number of amides is 2. The van der Waals surface area contributed by atoms with Gasteiger partial charge >= 0.3 is 12.3 Å². The molecule has 0 radical (unpaired) electrons. The number of carbonyl (C=O) groups excluding carboxylic acids is 2. The number of fused-ring (bicyclic) bond motifs is 1. The molecule has 1 aliphatic heterocycles. The van der Waals surface area contributed by atoms with Gasteiger partial charge in [-0.1, -0.05) is 18.3 Å². The van der Waals surface area contributed by atoms with E-state index in [0.717, 1.165) is 15.6 Å². The molecule has 0 bridgehead atoms. The number of sulfonamides is 1. The third kappa shape index (κ3) is 6.71. The molecule has 0 spiro atoms. The molecule has 0 saturated heterocycles. The number of rotatable bonds is 9. The molecule has 1 aromatic carbocycles. The standard InChI is InChI=1S/C24H31F3N4O7S2/c1-7-19-30-20(21(39-19)36-8-2)40(34,35)31-12-18(13(3)28-14(4)32)37-17-10-9-15(11-16(17)31)29-22(33)38-23(5,6)24(25,26)27/h9-11,13,18H,7-8,12H2,1-6H3,(H,28,32)(H,29,33). The predicted molar refractivity (Wildman–Crippen MR) is 142 cm³/mol. The Balaban J connectivity index is 2.05. The minimum absolute atomic E-state index is 0.00680. The van der Waals surface area contributed by atoms with Crippen LogP contribution < -0.4 is 24.4 Å². The molecular weight excluding hydrogens is 577 g/mol. The molecule has 40 heavy (non-hydrogen) atoms. The second-order valence-electron chi connectivity index (χ2n) is 9.37. The number of hydrogen-bond donors (Lipinski definition) is 2. The van der Waals surface area contributed by atoms with Crippen LogP contribution in [0.15, 0.2) is 23.2 Å². The summed E-state index contributed by atoms with van der Waals surface area (Å²) in [6, 6.07) is 3.31. The van der Waals surface area contributed by atoms with E-state index < -0.39 is 40.0 Å². The number of alkyl halides is 3. The van der Waals surface area contributed by atoms with Gasteiger partial charge in [0.15, 0.2) is 0 Å². The lowest BCUT2D eigenvalue weighted by Gasteiger charge is -2.37. The molecule has 1 aliphatic rings. The van der Waals surface area contributed by atoms with Crippen LogP contribution in [0.25, 0.3) is 0 Å². The normalized spacial score (nSPS) is 16.4. The lowest BCUT2D eigenvalue weighted by Crippen LogP contribution is -2.52. The van der Waals surface area contributed by atoms with Crippen molar-refractivity contribution in [1.82, 2.24) is 10.3 Å². The number of anilines is 2. The summed E-state index contributed by atoms with van der Waals surface area (Å²) in [6.45, 7) is 7.83. The maximum Gasteiger partial charge on any atom is 0.427 e. The van der Waals surface area contributed by atoms with E-state index in [1.54, 1.807) is 13.8 Å². The van der Waals surface area contributed by atoms with Gasteiger partial charge in [0.1, 0.15) is 11.9 Å². The fourth-order valence-electron chi connectivity index (χ4n) is 3.66. The summed E-state index contributed by atoms with van der Waals surface area (Å²) in [4.78, 5) is 28.2. The monoisotopic (exact) mass is 608 g/mol. The average Bonchev–Trinajstić information content (AvgIpc) is 3.26. The van der Waals surface area contributed by atoms with Crippen LogP contribution in [0, 0.1) is 0 Å². The Morgan fingerprint density at radius 3 is 2.52 bits per heavy atom. The SMILES string of the molecule is CCOc1sc(CC)nc1S(=O)(=O)N1CC(C(C)NC(C)=O)Oc2ccc(NC(=O)OC(C)(C)C(F)(F)F)cc21. The zero-order valence-corrected chi connectivity index (χ0v) is 24.3. The molecule has 222 valence electrons. The molecule has 2 N–H and O–H groups in total. The van der Waals surface area contributed by atoms with Crippen LogP contribution in [-0.4, -0.2) is 62.5 Å². The Kier molecular flexibility index (Phi) is 9.13. The van der Waals surface area contributed by atoms with E-state index in [9.17, 15) is 31.2 Å². The highest BCUT2D eigenvalue weighted by Crippen LogP contribution is 2.42. The Morgan fingerprint density at radius 2 is 1.95 bits per heavy atom. The van der Waals surface area contributed by atoms with Crippen molar-refractivity contribution in [3.8, 4) is 10.8 Å². The molecule has 0 fully saturated rings. The van der Waals surface area contributed by atoms with Crippen LogP contribution in [0.1, 0.15) is 46.6 Å². The van der Waals surface area contributed by atoms with Gasteiger partial charge in [-0.25, -0.2) is 9.78 Å². The molecule has 2 heterocycles. The molecule has 2 unspecified atom stereocenters. The van der Waals surface area contributed by atoms with Crippen molar-refractivity contribution >= 4 is 44.7 Å². The minimum atomic E-state index is -4.82. The molecule has 2 amide bonds. The largest absolute Gasteiger partial charge is 0.484 e. The fourth-order valence-corrected chi connectivity index (χ4v) is 6.41. The number of aryl methyl sites for hydroxylation is 1. The number of nitrogens with zero attached hydrogens (tertiary/aromatic N) is 2. The van der Waals surface area contributed by atoms with Crippen LogP contribution in [0.3, 0.4) is 0 Å². The zero-order valence-electron chi connectivity index (χ0n) is 22.7. The minimum Gasteiger partial charge on any atom is -0.484 e. The lowest BCUT2D eigenvalue weighted by atomic mass is 10.1. The van der Waals surface area contributed by atoms with Crippen LogP contribution in [-0.2, 0) is 26.0 Å². The highest BCUT2D eigenvalue weighted by molar-refractivity contribution is 7.93. The molecular formula is C24H31F3N4O7S2. The van der Waals surface area contributed by atoms with Gasteiger partial charge < -0.3 is 19.5 Å². The molecule has 3 rings (SSSR count). The summed E-state index contributed by atoms with van der Waals surface area (Å²) in [5, 5.41) is 5.21. The van der Waals surface area contributed by atoms with E-state index in [0.29, 0.717) is 25.3 Å². The molecule has 0 aliphatic carbocycles. The van der Waals surface area contributed by atoms with E-state index in [2.05, 4.69) is 20.4 Å². The summed E-state index contributed by atoms with van der Waals surface area (Å²) in [6.07, 6.45) is -6.56. The first-order valence-corrected chi connectivity index (χ1v) is 14.6. The van der Waals surface area contributed by atoms with Gasteiger partial charge in [0, 0.05) is 12.6 Å². The Bertz CT molecular complexity index is 1360. The summed E-state index contributed by atoms with van der Waals surface area (Å²) >= 11 is 1.10. The quantitative estimate of drug-likeness (QED) is 0.426. The number of aromatic nitrogens is 1. The fraction of sp³-hybridized carbons (Fsp3) is 0.542. The Labute approximate surface area is 234 Å². The first-order chi connectivity index (χ1) is 18.5. The smallest absolute Gasteiger partial charge is 0.427 e. The van der Waals surface area contributed by atoms with Gasteiger partial charge in [-0.15, -0.1) is 0 Å². The van der Waals surface area contributed by atoms with Gasteiger partial charge in [-0.2, -0.15) is 21.6 Å². The maximum absolute atomic E-state index is 14.0. The zero-order chi connectivity index (χ0) is 30.0. The topological polar surface area (TPSA) is 136 Å². The van der Waals surface area contributed by atoms with Crippen LogP contribution in [0.5, 0.6) is 10.8 Å². The number of ether oxygens (including phenoxy) is 3. The van der Waals surface area contributed by atoms with Crippen molar-refractivity contribution in [3.63, 3.8) is 0 Å². The molecule has 2 aromatic rings. The second kappa shape index (κ2) is 11.7.